The molecule has 2 aromatic rings. The predicted octanol–water partition coefficient (Wildman–Crippen LogP) is 5.32. The van der Waals surface area contributed by atoms with Crippen LogP contribution in [-0.2, 0) is 12.4 Å². The second kappa shape index (κ2) is 5.96. The van der Waals surface area contributed by atoms with Crippen molar-refractivity contribution in [2.75, 3.05) is 0 Å². The van der Waals surface area contributed by atoms with Crippen LogP contribution in [0.4, 0.5) is 30.7 Å². The highest BCUT2D eigenvalue weighted by molar-refractivity contribution is 6.32. The van der Waals surface area contributed by atoms with Crippen LogP contribution in [0.25, 0.3) is 5.69 Å². The van der Waals surface area contributed by atoms with Gasteiger partial charge in [0.05, 0.1) is 21.2 Å². The fourth-order valence-electron chi connectivity index (χ4n) is 1.86. The van der Waals surface area contributed by atoms with Crippen LogP contribution in [0.2, 0.25) is 10.0 Å². The van der Waals surface area contributed by atoms with Crippen molar-refractivity contribution in [2.45, 2.75) is 12.4 Å². The van der Waals surface area contributed by atoms with Gasteiger partial charge in [0.15, 0.2) is 0 Å². The van der Waals surface area contributed by atoms with Gasteiger partial charge in [-0.15, -0.1) is 0 Å². The first kappa shape index (κ1) is 18.6. The second-order valence-electron chi connectivity index (χ2n) is 4.53. The van der Waals surface area contributed by atoms with Crippen LogP contribution in [0, 0.1) is 5.82 Å². The molecule has 0 aliphatic carbocycles. The molecule has 0 fully saturated rings. The first-order valence-corrected chi connectivity index (χ1v) is 6.64. The zero-order chi connectivity index (χ0) is 18.4. The molecular weight excluding hydrogens is 390 g/mol. The number of pyridine rings is 1. The van der Waals surface area contributed by atoms with E-state index in [9.17, 15) is 35.5 Å². The molecule has 1 heterocycles. The van der Waals surface area contributed by atoms with Crippen LogP contribution in [0.15, 0.2) is 29.2 Å². The minimum absolute atomic E-state index is 0.0687. The molecule has 0 aliphatic rings. The van der Waals surface area contributed by atoms with Gasteiger partial charge in [0.25, 0.3) is 5.56 Å². The van der Waals surface area contributed by atoms with Gasteiger partial charge in [-0.2, -0.15) is 26.3 Å². The van der Waals surface area contributed by atoms with Crippen LogP contribution in [0.3, 0.4) is 0 Å². The third kappa shape index (κ3) is 3.51. The van der Waals surface area contributed by atoms with Crippen molar-refractivity contribution >= 4 is 23.2 Å². The van der Waals surface area contributed by atoms with E-state index in [1.807, 2.05) is 0 Å². The fraction of sp³-hybridized carbons (Fsp3) is 0.154. The lowest BCUT2D eigenvalue weighted by atomic mass is 10.1. The summed E-state index contributed by atoms with van der Waals surface area (Å²) < 4.78 is 89.9. The number of hydrogen-bond acceptors (Lipinski definition) is 1. The molecule has 0 saturated carbocycles. The maximum Gasteiger partial charge on any atom is 0.418 e. The summed E-state index contributed by atoms with van der Waals surface area (Å²) in [6.45, 7) is 0. The van der Waals surface area contributed by atoms with Crippen LogP contribution in [0.5, 0.6) is 0 Å². The molecule has 1 aromatic heterocycles. The fourth-order valence-corrected chi connectivity index (χ4v) is 2.42. The SMILES string of the molecule is O=c1cc(C(F)(F)F)c(Cl)cn1-c1c(F)cc(C(F)(F)F)cc1Cl. The number of halogens is 9. The third-order valence-corrected chi connectivity index (χ3v) is 3.48. The molecule has 2 rings (SSSR count). The molecule has 0 unspecified atom stereocenters. The van der Waals surface area contributed by atoms with Gasteiger partial charge in [-0.05, 0) is 12.1 Å². The lowest BCUT2D eigenvalue weighted by molar-refractivity contribution is -0.138. The molecule has 0 N–H and O–H groups in total. The Morgan fingerprint density at radius 3 is 1.92 bits per heavy atom. The normalized spacial score (nSPS) is 12.5. The van der Waals surface area contributed by atoms with Crippen molar-refractivity contribution in [3.8, 4) is 5.69 Å². The molecule has 0 saturated heterocycles. The number of benzene rings is 1. The molecule has 0 bridgehead atoms. The van der Waals surface area contributed by atoms with Crippen molar-refractivity contribution in [3.05, 3.63) is 61.7 Å². The van der Waals surface area contributed by atoms with Gasteiger partial charge in [0, 0.05) is 12.3 Å². The lowest BCUT2D eigenvalue weighted by Gasteiger charge is -2.15. The highest BCUT2D eigenvalue weighted by Crippen LogP contribution is 2.36. The summed E-state index contributed by atoms with van der Waals surface area (Å²) in [6.07, 6.45) is -9.39. The number of alkyl halides is 6. The molecule has 0 atom stereocenters. The number of rotatable bonds is 1. The second-order valence-corrected chi connectivity index (χ2v) is 5.34. The van der Waals surface area contributed by atoms with Crippen LogP contribution >= 0.6 is 23.2 Å². The smallest absolute Gasteiger partial charge is 0.278 e. The van der Waals surface area contributed by atoms with E-state index in [0.29, 0.717) is 16.8 Å². The summed E-state index contributed by atoms with van der Waals surface area (Å²) in [5.41, 5.74) is -5.09. The van der Waals surface area contributed by atoms with Crippen LogP contribution in [-0.4, -0.2) is 4.57 Å². The summed E-state index contributed by atoms with van der Waals surface area (Å²) in [7, 11) is 0. The third-order valence-electron chi connectivity index (χ3n) is 2.90. The van der Waals surface area contributed by atoms with E-state index in [4.69, 9.17) is 23.2 Å². The lowest BCUT2D eigenvalue weighted by Crippen LogP contribution is -2.22. The Balaban J connectivity index is 2.70. The number of hydrogen-bond donors (Lipinski definition) is 0. The molecule has 2 nitrogen and oxygen atoms in total. The van der Waals surface area contributed by atoms with Gasteiger partial charge >= 0.3 is 12.4 Å². The Bertz CT molecular complexity index is 832. The molecule has 11 heteroatoms. The Morgan fingerprint density at radius 2 is 1.46 bits per heavy atom. The van der Waals surface area contributed by atoms with E-state index in [1.54, 1.807) is 0 Å². The molecule has 130 valence electrons. The highest BCUT2D eigenvalue weighted by Gasteiger charge is 2.35. The summed E-state index contributed by atoms with van der Waals surface area (Å²) in [4.78, 5) is 11.8. The Hall–Kier alpha value is -1.74. The first-order valence-electron chi connectivity index (χ1n) is 5.88. The van der Waals surface area contributed by atoms with Gasteiger partial charge in [-0.3, -0.25) is 9.36 Å². The van der Waals surface area contributed by atoms with Gasteiger partial charge in [-0.25, -0.2) is 4.39 Å². The summed E-state index contributed by atoms with van der Waals surface area (Å²) in [6, 6.07) is 0.507. The van der Waals surface area contributed by atoms with Crippen molar-refractivity contribution < 1.29 is 30.7 Å². The van der Waals surface area contributed by atoms with E-state index in [0.717, 1.165) is 0 Å². The molecule has 0 aliphatic heterocycles. The summed E-state index contributed by atoms with van der Waals surface area (Å²) in [5.74, 6) is -1.55. The minimum Gasteiger partial charge on any atom is -0.278 e. The Labute approximate surface area is 139 Å². The van der Waals surface area contributed by atoms with Crippen LogP contribution in [0.1, 0.15) is 11.1 Å². The van der Waals surface area contributed by atoms with Crippen molar-refractivity contribution in [2.24, 2.45) is 0 Å². The van der Waals surface area contributed by atoms with E-state index in [2.05, 4.69) is 0 Å². The Morgan fingerprint density at radius 1 is 0.875 bits per heavy atom. The number of aromatic nitrogens is 1. The number of nitrogens with zero attached hydrogens (tertiary/aromatic N) is 1. The van der Waals surface area contributed by atoms with E-state index in [-0.39, 0.29) is 12.1 Å². The first-order chi connectivity index (χ1) is 10.8. The Kier molecular flexibility index (Phi) is 4.62. The highest BCUT2D eigenvalue weighted by atomic mass is 35.5. The monoisotopic (exact) mass is 393 g/mol. The molecule has 0 radical (unpaired) electrons. The topological polar surface area (TPSA) is 22.0 Å². The van der Waals surface area contributed by atoms with Crippen molar-refractivity contribution in [3.63, 3.8) is 0 Å². The molecule has 0 spiro atoms. The molecule has 1 aromatic carbocycles. The summed E-state index contributed by atoms with van der Waals surface area (Å²) >= 11 is 11.0. The predicted molar refractivity (Wildman–Crippen MR) is 72.0 cm³/mol. The maximum absolute atomic E-state index is 14.0. The average molecular weight is 394 g/mol. The van der Waals surface area contributed by atoms with Crippen LogP contribution < -0.4 is 5.56 Å². The zero-order valence-corrected chi connectivity index (χ0v) is 12.6. The quantitative estimate of drug-likeness (QED) is 0.601. The minimum atomic E-state index is -4.93. The summed E-state index contributed by atoms with van der Waals surface area (Å²) in [5, 5.41) is -1.77. The molecule has 0 amide bonds. The maximum atomic E-state index is 14.0. The van der Waals surface area contributed by atoms with E-state index < -0.39 is 50.6 Å². The van der Waals surface area contributed by atoms with Gasteiger partial charge in [0.2, 0.25) is 0 Å². The molecule has 24 heavy (non-hydrogen) atoms. The average Bonchev–Trinajstić information content (AvgIpc) is 2.39. The van der Waals surface area contributed by atoms with Gasteiger partial charge < -0.3 is 0 Å². The molecular formula is C13H4Cl2F7NO. The van der Waals surface area contributed by atoms with Crippen molar-refractivity contribution in [1.29, 1.82) is 0 Å². The zero-order valence-electron chi connectivity index (χ0n) is 11.1. The standard InChI is InChI=1S/C13H4Cl2F7NO/c14-7-1-5(12(17,18)19)2-9(16)11(7)23-4-8(15)6(3-10(23)24)13(20,21)22/h1-4H. The van der Waals surface area contributed by atoms with E-state index in [1.165, 1.54) is 0 Å². The van der Waals surface area contributed by atoms with E-state index >= 15 is 0 Å². The van der Waals surface area contributed by atoms with Crippen molar-refractivity contribution in [1.82, 2.24) is 4.57 Å². The largest absolute Gasteiger partial charge is 0.418 e. The van der Waals surface area contributed by atoms with Gasteiger partial charge in [0.1, 0.15) is 11.5 Å². The van der Waals surface area contributed by atoms with Gasteiger partial charge in [-0.1, -0.05) is 23.2 Å².